The maximum atomic E-state index is 11.7. The molecular formula is C11H19N3O2. The summed E-state index contributed by atoms with van der Waals surface area (Å²) in [5.41, 5.74) is 1.53. The van der Waals surface area contributed by atoms with E-state index in [1.165, 1.54) is 0 Å². The molecule has 0 fully saturated rings. The predicted molar refractivity (Wildman–Crippen MR) is 61.4 cm³/mol. The van der Waals surface area contributed by atoms with Gasteiger partial charge in [0, 0.05) is 33.0 Å². The predicted octanol–water partition coefficient (Wildman–Crippen LogP) is 0.885. The van der Waals surface area contributed by atoms with E-state index in [0.717, 1.165) is 25.1 Å². The first kappa shape index (κ1) is 12.7. The Hall–Kier alpha value is -1.36. The van der Waals surface area contributed by atoms with Crippen LogP contribution in [0.4, 0.5) is 0 Å². The number of unbranched alkanes of at least 4 members (excludes halogenated alkanes) is 1. The van der Waals surface area contributed by atoms with E-state index < -0.39 is 0 Å². The standard InChI is InChI=1S/C11H19N3O2/c1-9-10(8-13-14(9)2)11(15)12-6-4-5-7-16-3/h8H,4-7H2,1-3H3,(H,12,15). The highest BCUT2D eigenvalue weighted by atomic mass is 16.5. The number of aromatic nitrogens is 2. The zero-order chi connectivity index (χ0) is 12.0. The minimum absolute atomic E-state index is 0.0528. The van der Waals surface area contributed by atoms with Gasteiger partial charge in [-0.1, -0.05) is 0 Å². The monoisotopic (exact) mass is 225 g/mol. The average molecular weight is 225 g/mol. The molecule has 1 N–H and O–H groups in total. The second kappa shape index (κ2) is 6.27. The molecule has 1 rings (SSSR count). The number of rotatable bonds is 6. The van der Waals surface area contributed by atoms with Gasteiger partial charge in [0.05, 0.1) is 11.8 Å². The van der Waals surface area contributed by atoms with Gasteiger partial charge in [-0.25, -0.2) is 0 Å². The number of nitrogens with zero attached hydrogens (tertiary/aromatic N) is 2. The highest BCUT2D eigenvalue weighted by Crippen LogP contribution is 2.04. The van der Waals surface area contributed by atoms with Crippen molar-refractivity contribution in [2.45, 2.75) is 19.8 Å². The van der Waals surface area contributed by atoms with E-state index >= 15 is 0 Å². The molecule has 5 heteroatoms. The molecule has 1 amide bonds. The van der Waals surface area contributed by atoms with Crippen LogP contribution in [0.2, 0.25) is 0 Å². The highest BCUT2D eigenvalue weighted by molar-refractivity contribution is 5.94. The highest BCUT2D eigenvalue weighted by Gasteiger charge is 2.11. The Labute approximate surface area is 95.8 Å². The lowest BCUT2D eigenvalue weighted by Crippen LogP contribution is -2.25. The lowest BCUT2D eigenvalue weighted by atomic mass is 10.2. The first-order valence-electron chi connectivity index (χ1n) is 5.42. The van der Waals surface area contributed by atoms with Crippen LogP contribution in [0, 0.1) is 6.92 Å². The van der Waals surface area contributed by atoms with E-state index in [-0.39, 0.29) is 5.91 Å². The molecule has 1 aromatic heterocycles. The first-order chi connectivity index (χ1) is 7.66. The van der Waals surface area contributed by atoms with Gasteiger partial charge in [-0.3, -0.25) is 9.48 Å². The number of ether oxygens (including phenoxy) is 1. The van der Waals surface area contributed by atoms with Gasteiger partial charge in [-0.15, -0.1) is 0 Å². The van der Waals surface area contributed by atoms with E-state index in [0.29, 0.717) is 12.1 Å². The van der Waals surface area contributed by atoms with Gasteiger partial charge in [0.2, 0.25) is 0 Å². The third kappa shape index (κ3) is 3.34. The fourth-order valence-electron chi connectivity index (χ4n) is 1.39. The number of hydrogen-bond acceptors (Lipinski definition) is 3. The Morgan fingerprint density at radius 3 is 2.88 bits per heavy atom. The van der Waals surface area contributed by atoms with Crippen molar-refractivity contribution in [3.05, 3.63) is 17.5 Å². The van der Waals surface area contributed by atoms with Gasteiger partial charge in [0.15, 0.2) is 0 Å². The van der Waals surface area contributed by atoms with Crippen LogP contribution in [0.5, 0.6) is 0 Å². The van der Waals surface area contributed by atoms with E-state index in [9.17, 15) is 4.79 Å². The lowest BCUT2D eigenvalue weighted by Gasteiger charge is -2.04. The first-order valence-corrected chi connectivity index (χ1v) is 5.42. The molecule has 0 unspecified atom stereocenters. The molecule has 0 aliphatic rings. The summed E-state index contributed by atoms with van der Waals surface area (Å²) in [4.78, 5) is 11.7. The second-order valence-electron chi connectivity index (χ2n) is 3.72. The van der Waals surface area contributed by atoms with Gasteiger partial charge in [-0.05, 0) is 19.8 Å². The number of methoxy groups -OCH3 is 1. The number of carbonyl (C=O) groups is 1. The summed E-state index contributed by atoms with van der Waals surface area (Å²) in [6.07, 6.45) is 3.49. The molecule has 16 heavy (non-hydrogen) atoms. The van der Waals surface area contributed by atoms with Gasteiger partial charge in [0.1, 0.15) is 0 Å². The number of aryl methyl sites for hydroxylation is 1. The number of nitrogens with one attached hydrogen (secondary N) is 1. The minimum Gasteiger partial charge on any atom is -0.385 e. The van der Waals surface area contributed by atoms with Crippen molar-refractivity contribution in [1.82, 2.24) is 15.1 Å². The Balaban J connectivity index is 2.33. The molecule has 5 nitrogen and oxygen atoms in total. The van der Waals surface area contributed by atoms with Crippen molar-refractivity contribution in [2.24, 2.45) is 7.05 Å². The Morgan fingerprint density at radius 1 is 1.56 bits per heavy atom. The van der Waals surface area contributed by atoms with Crippen molar-refractivity contribution >= 4 is 5.91 Å². The molecule has 1 aromatic rings. The quantitative estimate of drug-likeness (QED) is 0.731. The molecule has 0 aromatic carbocycles. The smallest absolute Gasteiger partial charge is 0.254 e. The van der Waals surface area contributed by atoms with E-state index in [2.05, 4.69) is 10.4 Å². The summed E-state index contributed by atoms with van der Waals surface area (Å²) >= 11 is 0. The summed E-state index contributed by atoms with van der Waals surface area (Å²) < 4.78 is 6.62. The molecule has 1 heterocycles. The van der Waals surface area contributed by atoms with Crippen molar-refractivity contribution in [3.8, 4) is 0 Å². The van der Waals surface area contributed by atoms with Crippen LogP contribution >= 0.6 is 0 Å². The zero-order valence-electron chi connectivity index (χ0n) is 10.1. The third-order valence-electron chi connectivity index (χ3n) is 2.54. The topological polar surface area (TPSA) is 56.1 Å². The summed E-state index contributed by atoms with van der Waals surface area (Å²) in [5, 5.41) is 6.89. The van der Waals surface area contributed by atoms with Crippen LogP contribution in [0.1, 0.15) is 28.9 Å². The summed E-state index contributed by atoms with van der Waals surface area (Å²) in [5.74, 6) is -0.0528. The van der Waals surface area contributed by atoms with Gasteiger partial charge in [-0.2, -0.15) is 5.10 Å². The second-order valence-corrected chi connectivity index (χ2v) is 3.72. The molecule has 0 saturated carbocycles. The SMILES string of the molecule is COCCCCNC(=O)c1cnn(C)c1C. The van der Waals surface area contributed by atoms with Crippen LogP contribution in [-0.2, 0) is 11.8 Å². The molecule has 0 bridgehead atoms. The number of hydrogen-bond donors (Lipinski definition) is 1. The Morgan fingerprint density at radius 2 is 2.31 bits per heavy atom. The molecule has 90 valence electrons. The van der Waals surface area contributed by atoms with Gasteiger partial charge >= 0.3 is 0 Å². The van der Waals surface area contributed by atoms with E-state index in [4.69, 9.17) is 4.74 Å². The van der Waals surface area contributed by atoms with Crippen molar-refractivity contribution in [3.63, 3.8) is 0 Å². The van der Waals surface area contributed by atoms with Crippen LogP contribution in [0.15, 0.2) is 6.20 Å². The van der Waals surface area contributed by atoms with Crippen molar-refractivity contribution < 1.29 is 9.53 Å². The van der Waals surface area contributed by atoms with Crippen molar-refractivity contribution in [1.29, 1.82) is 0 Å². The van der Waals surface area contributed by atoms with Gasteiger partial charge < -0.3 is 10.1 Å². The average Bonchev–Trinajstić information content (AvgIpc) is 2.59. The minimum atomic E-state index is -0.0528. The Bertz CT molecular complexity index is 347. The maximum absolute atomic E-state index is 11.7. The summed E-state index contributed by atoms with van der Waals surface area (Å²) in [7, 11) is 3.50. The van der Waals surface area contributed by atoms with Crippen LogP contribution in [-0.4, -0.2) is 35.9 Å². The van der Waals surface area contributed by atoms with Crippen LogP contribution in [0.25, 0.3) is 0 Å². The fourth-order valence-corrected chi connectivity index (χ4v) is 1.39. The van der Waals surface area contributed by atoms with Crippen LogP contribution in [0.3, 0.4) is 0 Å². The lowest BCUT2D eigenvalue weighted by molar-refractivity contribution is 0.0950. The normalized spacial score (nSPS) is 10.4. The molecule has 0 atom stereocenters. The molecule has 0 radical (unpaired) electrons. The molecule has 0 aliphatic carbocycles. The third-order valence-corrected chi connectivity index (χ3v) is 2.54. The molecular weight excluding hydrogens is 206 g/mol. The number of carbonyl (C=O) groups excluding carboxylic acids is 1. The van der Waals surface area contributed by atoms with Crippen LogP contribution < -0.4 is 5.32 Å². The van der Waals surface area contributed by atoms with Gasteiger partial charge in [0.25, 0.3) is 5.91 Å². The molecule has 0 saturated heterocycles. The van der Waals surface area contributed by atoms with E-state index in [1.54, 1.807) is 18.0 Å². The zero-order valence-corrected chi connectivity index (χ0v) is 10.1. The number of amides is 1. The van der Waals surface area contributed by atoms with E-state index in [1.807, 2.05) is 14.0 Å². The Kier molecular flexibility index (Phi) is 4.98. The fraction of sp³-hybridized carbons (Fsp3) is 0.636. The largest absolute Gasteiger partial charge is 0.385 e. The summed E-state index contributed by atoms with van der Waals surface area (Å²) in [6.45, 7) is 3.30. The molecule has 0 aliphatic heterocycles. The molecule has 0 spiro atoms. The maximum Gasteiger partial charge on any atom is 0.254 e. The summed E-state index contributed by atoms with van der Waals surface area (Å²) in [6, 6.07) is 0. The van der Waals surface area contributed by atoms with Crippen molar-refractivity contribution in [2.75, 3.05) is 20.3 Å².